The van der Waals surface area contributed by atoms with E-state index in [2.05, 4.69) is 4.98 Å². The zero-order chi connectivity index (χ0) is 16.9. The average molecular weight is 324 g/mol. The fourth-order valence-electron chi connectivity index (χ4n) is 2.64. The van der Waals surface area contributed by atoms with Gasteiger partial charge in [0.05, 0.1) is 10.9 Å². The summed E-state index contributed by atoms with van der Waals surface area (Å²) in [5.41, 5.74) is 1.59. The van der Waals surface area contributed by atoms with Crippen LogP contribution in [0.15, 0.2) is 53.3 Å². The van der Waals surface area contributed by atoms with E-state index < -0.39 is 0 Å². The van der Waals surface area contributed by atoms with Gasteiger partial charge in [0.2, 0.25) is 0 Å². The van der Waals surface area contributed by atoms with Crippen molar-refractivity contribution in [2.45, 2.75) is 26.5 Å². The van der Waals surface area contributed by atoms with Crippen molar-refractivity contribution in [1.29, 1.82) is 0 Å². The molecule has 0 saturated heterocycles. The lowest BCUT2D eigenvalue weighted by Crippen LogP contribution is -2.27. The molecule has 5 nitrogen and oxygen atoms in total. The van der Waals surface area contributed by atoms with Crippen LogP contribution in [0.4, 0.5) is 0 Å². The Kier molecular flexibility index (Phi) is 4.91. The Bertz CT molecular complexity index is 902. The molecular formula is C19H20N2O3. The van der Waals surface area contributed by atoms with Crippen molar-refractivity contribution in [3.05, 3.63) is 70.3 Å². The van der Waals surface area contributed by atoms with E-state index in [1.807, 2.05) is 49.4 Å². The van der Waals surface area contributed by atoms with Crippen molar-refractivity contribution >= 4 is 10.9 Å². The Balaban J connectivity index is 1.98. The van der Waals surface area contributed by atoms with E-state index in [9.17, 15) is 4.79 Å². The van der Waals surface area contributed by atoms with Crippen molar-refractivity contribution in [3.63, 3.8) is 0 Å². The number of aliphatic hydroxyl groups excluding tert-OH is 1. The molecule has 0 atom stereocenters. The van der Waals surface area contributed by atoms with Crippen LogP contribution in [0.3, 0.4) is 0 Å². The highest BCUT2D eigenvalue weighted by Crippen LogP contribution is 2.18. The van der Waals surface area contributed by atoms with Gasteiger partial charge in [-0.3, -0.25) is 9.36 Å². The van der Waals surface area contributed by atoms with Crippen molar-refractivity contribution in [2.75, 3.05) is 6.61 Å². The Morgan fingerprint density at radius 1 is 1.12 bits per heavy atom. The number of hydrogen-bond donors (Lipinski definition) is 1. The van der Waals surface area contributed by atoms with Gasteiger partial charge >= 0.3 is 0 Å². The summed E-state index contributed by atoms with van der Waals surface area (Å²) < 4.78 is 7.46. The molecule has 0 aliphatic rings. The highest BCUT2D eigenvalue weighted by Gasteiger charge is 2.11. The number of aryl methyl sites for hydroxylation is 1. The number of aliphatic hydroxyl groups is 1. The Morgan fingerprint density at radius 3 is 2.67 bits per heavy atom. The van der Waals surface area contributed by atoms with Gasteiger partial charge in [0, 0.05) is 13.2 Å². The molecule has 3 aromatic rings. The summed E-state index contributed by atoms with van der Waals surface area (Å²) in [7, 11) is 0. The summed E-state index contributed by atoms with van der Waals surface area (Å²) in [6, 6.07) is 15.0. The number of nitrogens with zero attached hydrogens (tertiary/aromatic N) is 2. The number of para-hydroxylation sites is 2. The van der Waals surface area contributed by atoms with Crippen LogP contribution in [0.1, 0.15) is 17.8 Å². The van der Waals surface area contributed by atoms with Gasteiger partial charge in [0.1, 0.15) is 18.2 Å². The maximum atomic E-state index is 12.7. The molecule has 0 spiro atoms. The van der Waals surface area contributed by atoms with Gasteiger partial charge in [-0.25, -0.2) is 4.98 Å². The molecule has 124 valence electrons. The first-order valence-corrected chi connectivity index (χ1v) is 7.98. The second-order valence-electron chi connectivity index (χ2n) is 5.63. The number of benzene rings is 2. The number of aromatic nitrogens is 2. The Labute approximate surface area is 140 Å². The summed E-state index contributed by atoms with van der Waals surface area (Å²) in [6.45, 7) is 2.62. The SMILES string of the molecule is Cc1ccccc1OCc1nc2ccccc2c(=O)n1CCCO. The molecule has 2 aromatic carbocycles. The summed E-state index contributed by atoms with van der Waals surface area (Å²) in [4.78, 5) is 17.3. The quantitative estimate of drug-likeness (QED) is 0.757. The first kappa shape index (κ1) is 16.2. The van der Waals surface area contributed by atoms with Gasteiger partial charge in [0.25, 0.3) is 5.56 Å². The standard InChI is InChI=1S/C19H20N2O3/c1-14-7-2-5-10-17(14)24-13-18-20-16-9-4-3-8-15(16)19(23)21(18)11-6-12-22/h2-5,7-10,22H,6,11-13H2,1H3. The smallest absolute Gasteiger partial charge is 0.261 e. The fourth-order valence-corrected chi connectivity index (χ4v) is 2.64. The first-order valence-electron chi connectivity index (χ1n) is 7.98. The third kappa shape index (κ3) is 3.31. The van der Waals surface area contributed by atoms with E-state index in [0.717, 1.165) is 11.3 Å². The number of hydrogen-bond acceptors (Lipinski definition) is 4. The van der Waals surface area contributed by atoms with Crippen LogP contribution in [0.25, 0.3) is 10.9 Å². The molecule has 0 aliphatic heterocycles. The van der Waals surface area contributed by atoms with Crippen LogP contribution in [0.5, 0.6) is 5.75 Å². The van der Waals surface area contributed by atoms with Crippen LogP contribution in [0.2, 0.25) is 0 Å². The molecule has 3 rings (SSSR count). The number of rotatable bonds is 6. The van der Waals surface area contributed by atoms with Gasteiger partial charge in [-0.15, -0.1) is 0 Å². The van der Waals surface area contributed by atoms with Gasteiger partial charge in [-0.2, -0.15) is 0 Å². The molecule has 1 N–H and O–H groups in total. The molecule has 1 aromatic heterocycles. The van der Waals surface area contributed by atoms with E-state index in [4.69, 9.17) is 9.84 Å². The highest BCUT2D eigenvalue weighted by atomic mass is 16.5. The third-order valence-electron chi connectivity index (χ3n) is 3.93. The van der Waals surface area contributed by atoms with Gasteiger partial charge in [-0.1, -0.05) is 30.3 Å². The first-order chi connectivity index (χ1) is 11.7. The van der Waals surface area contributed by atoms with Crippen molar-refractivity contribution in [2.24, 2.45) is 0 Å². The summed E-state index contributed by atoms with van der Waals surface area (Å²) in [5.74, 6) is 1.34. The maximum absolute atomic E-state index is 12.7. The largest absolute Gasteiger partial charge is 0.485 e. The van der Waals surface area contributed by atoms with E-state index in [-0.39, 0.29) is 18.8 Å². The average Bonchev–Trinajstić information content (AvgIpc) is 2.60. The van der Waals surface area contributed by atoms with Gasteiger partial charge in [0.15, 0.2) is 0 Å². The number of ether oxygens (including phenoxy) is 1. The molecule has 0 bridgehead atoms. The predicted octanol–water partition coefficient (Wildman–Crippen LogP) is 2.67. The predicted molar refractivity (Wildman–Crippen MR) is 93.2 cm³/mol. The van der Waals surface area contributed by atoms with Crippen molar-refractivity contribution in [3.8, 4) is 5.75 Å². The van der Waals surface area contributed by atoms with Gasteiger partial charge in [-0.05, 0) is 37.1 Å². The molecule has 0 amide bonds. The summed E-state index contributed by atoms with van der Waals surface area (Å²) in [5, 5.41) is 9.68. The monoisotopic (exact) mass is 324 g/mol. The Morgan fingerprint density at radius 2 is 1.88 bits per heavy atom. The summed E-state index contributed by atoms with van der Waals surface area (Å²) >= 11 is 0. The fraction of sp³-hybridized carbons (Fsp3) is 0.263. The molecule has 5 heteroatoms. The van der Waals surface area contributed by atoms with Crippen LogP contribution in [-0.2, 0) is 13.2 Å². The normalized spacial score (nSPS) is 10.9. The highest BCUT2D eigenvalue weighted by molar-refractivity contribution is 5.77. The molecule has 0 aliphatic carbocycles. The Hall–Kier alpha value is -2.66. The zero-order valence-corrected chi connectivity index (χ0v) is 13.6. The molecule has 0 unspecified atom stereocenters. The molecule has 0 radical (unpaired) electrons. The summed E-state index contributed by atoms with van der Waals surface area (Å²) in [6.07, 6.45) is 0.497. The lowest BCUT2D eigenvalue weighted by molar-refractivity contribution is 0.265. The van der Waals surface area contributed by atoms with E-state index >= 15 is 0 Å². The van der Waals surface area contributed by atoms with Crippen LogP contribution in [0, 0.1) is 6.92 Å². The van der Waals surface area contributed by atoms with Crippen molar-refractivity contribution in [1.82, 2.24) is 9.55 Å². The van der Waals surface area contributed by atoms with Crippen LogP contribution < -0.4 is 10.3 Å². The lowest BCUT2D eigenvalue weighted by atomic mass is 10.2. The molecule has 0 fully saturated rings. The van der Waals surface area contributed by atoms with E-state index in [0.29, 0.717) is 29.7 Å². The van der Waals surface area contributed by atoms with E-state index in [1.165, 1.54) is 0 Å². The molecule has 24 heavy (non-hydrogen) atoms. The van der Waals surface area contributed by atoms with Crippen molar-refractivity contribution < 1.29 is 9.84 Å². The zero-order valence-electron chi connectivity index (χ0n) is 13.6. The minimum atomic E-state index is -0.0996. The minimum absolute atomic E-state index is 0.0252. The van der Waals surface area contributed by atoms with Gasteiger partial charge < -0.3 is 9.84 Å². The topological polar surface area (TPSA) is 64.3 Å². The van der Waals surface area contributed by atoms with E-state index in [1.54, 1.807) is 10.6 Å². The minimum Gasteiger partial charge on any atom is -0.485 e. The molecular weight excluding hydrogens is 304 g/mol. The third-order valence-corrected chi connectivity index (χ3v) is 3.93. The molecule has 1 heterocycles. The van der Waals surface area contributed by atoms with Crippen LogP contribution >= 0.6 is 0 Å². The lowest BCUT2D eigenvalue weighted by Gasteiger charge is -2.14. The number of fused-ring (bicyclic) bond motifs is 1. The van der Waals surface area contributed by atoms with Crippen LogP contribution in [-0.4, -0.2) is 21.3 Å². The second-order valence-corrected chi connectivity index (χ2v) is 5.63. The maximum Gasteiger partial charge on any atom is 0.261 e. The second kappa shape index (κ2) is 7.27. The molecule has 0 saturated carbocycles.